The number of anilines is 2. The normalized spacial score (nSPS) is 22.2. The topological polar surface area (TPSA) is 61.8 Å². The van der Waals surface area contributed by atoms with E-state index in [-0.39, 0.29) is 17.5 Å². The van der Waals surface area contributed by atoms with E-state index in [9.17, 15) is 4.79 Å². The number of amides is 2. The number of ether oxygens (including phenoxy) is 1. The van der Waals surface area contributed by atoms with Crippen LogP contribution in [0.3, 0.4) is 0 Å². The number of hydrogen-bond donors (Lipinski definition) is 0. The zero-order valence-electron chi connectivity index (χ0n) is 15.9. The molecule has 0 bridgehead atoms. The summed E-state index contributed by atoms with van der Waals surface area (Å²) in [6, 6.07) is 7.41. The standard InChI is InChI=1S/C20H22ClN5O2/c1-13-8-28-17-7-15(21)3-4-16(17)26(13)19(27)25-11-20(12-25)9-24(10-20)18-5-6-22-14(2)23-18/h3-7,13H,8-12H2,1-2H3. The van der Waals surface area contributed by atoms with E-state index in [1.165, 1.54) is 0 Å². The van der Waals surface area contributed by atoms with Crippen molar-refractivity contribution in [2.24, 2.45) is 5.41 Å². The van der Waals surface area contributed by atoms with Crippen LogP contribution >= 0.6 is 11.6 Å². The predicted molar refractivity (Wildman–Crippen MR) is 107 cm³/mol. The lowest BCUT2D eigenvalue weighted by Crippen LogP contribution is -2.74. The highest BCUT2D eigenvalue weighted by atomic mass is 35.5. The maximum atomic E-state index is 13.2. The van der Waals surface area contributed by atoms with Crippen molar-refractivity contribution in [1.29, 1.82) is 0 Å². The Morgan fingerprint density at radius 2 is 2.04 bits per heavy atom. The Bertz CT molecular complexity index is 938. The fourth-order valence-electron chi connectivity index (χ4n) is 4.41. The fourth-order valence-corrected chi connectivity index (χ4v) is 4.57. The summed E-state index contributed by atoms with van der Waals surface area (Å²) in [6.07, 6.45) is 1.79. The van der Waals surface area contributed by atoms with Crippen molar-refractivity contribution in [1.82, 2.24) is 14.9 Å². The third-order valence-corrected chi connectivity index (χ3v) is 6.00. The van der Waals surface area contributed by atoms with Gasteiger partial charge in [-0.15, -0.1) is 0 Å². The number of likely N-dealkylation sites (tertiary alicyclic amines) is 1. The van der Waals surface area contributed by atoms with Gasteiger partial charge in [0.2, 0.25) is 0 Å². The highest BCUT2D eigenvalue weighted by Gasteiger charge is 2.54. The van der Waals surface area contributed by atoms with Gasteiger partial charge in [-0.25, -0.2) is 14.8 Å². The van der Waals surface area contributed by atoms with Crippen LogP contribution in [0.15, 0.2) is 30.5 Å². The van der Waals surface area contributed by atoms with Gasteiger partial charge in [-0.3, -0.25) is 4.90 Å². The molecule has 0 N–H and O–H groups in total. The first-order valence-corrected chi connectivity index (χ1v) is 9.87. The van der Waals surface area contributed by atoms with Crippen molar-refractivity contribution in [3.63, 3.8) is 0 Å². The maximum absolute atomic E-state index is 13.2. The third-order valence-electron chi connectivity index (χ3n) is 5.77. The van der Waals surface area contributed by atoms with Crippen LogP contribution in [0, 0.1) is 12.3 Å². The van der Waals surface area contributed by atoms with Crippen LogP contribution in [-0.4, -0.2) is 59.7 Å². The van der Waals surface area contributed by atoms with E-state index in [0.717, 1.165) is 43.5 Å². The number of carbonyl (C=O) groups excluding carboxylic acids is 1. The lowest BCUT2D eigenvalue weighted by Gasteiger charge is -2.61. The van der Waals surface area contributed by atoms with Crippen molar-refractivity contribution in [3.05, 3.63) is 41.3 Å². The number of aromatic nitrogens is 2. The Morgan fingerprint density at radius 3 is 2.79 bits per heavy atom. The van der Waals surface area contributed by atoms with Gasteiger partial charge in [-0.05, 0) is 32.0 Å². The Labute approximate surface area is 168 Å². The van der Waals surface area contributed by atoms with Gasteiger partial charge in [-0.2, -0.15) is 0 Å². The second kappa shape index (κ2) is 6.24. The SMILES string of the molecule is Cc1nccc(N2CC3(CN(C(=O)N4c5ccc(Cl)cc5OCC4C)C3)C2)n1. The summed E-state index contributed by atoms with van der Waals surface area (Å²) in [6.45, 7) is 7.79. The molecule has 28 heavy (non-hydrogen) atoms. The fraction of sp³-hybridized carbons (Fsp3) is 0.450. The number of aryl methyl sites for hydroxylation is 1. The smallest absolute Gasteiger partial charge is 0.325 e. The van der Waals surface area contributed by atoms with Crippen molar-refractivity contribution >= 4 is 29.1 Å². The van der Waals surface area contributed by atoms with Crippen molar-refractivity contribution in [2.75, 3.05) is 42.6 Å². The van der Waals surface area contributed by atoms with Crippen LogP contribution in [0.5, 0.6) is 5.75 Å². The quantitative estimate of drug-likeness (QED) is 0.737. The molecule has 0 aliphatic carbocycles. The molecule has 3 aliphatic rings. The summed E-state index contributed by atoms with van der Waals surface area (Å²) >= 11 is 6.07. The number of benzene rings is 1. The van der Waals surface area contributed by atoms with Crippen LogP contribution in [0.25, 0.3) is 0 Å². The highest BCUT2D eigenvalue weighted by Crippen LogP contribution is 2.43. The Kier molecular flexibility index (Phi) is 3.91. The van der Waals surface area contributed by atoms with E-state index in [4.69, 9.17) is 16.3 Å². The predicted octanol–water partition coefficient (Wildman–Crippen LogP) is 2.97. The lowest BCUT2D eigenvalue weighted by atomic mass is 9.73. The number of urea groups is 1. The van der Waals surface area contributed by atoms with E-state index in [0.29, 0.717) is 17.4 Å². The molecule has 146 valence electrons. The van der Waals surface area contributed by atoms with Gasteiger partial charge in [0.15, 0.2) is 0 Å². The number of halogens is 1. The summed E-state index contributed by atoms with van der Waals surface area (Å²) in [5.74, 6) is 2.42. The van der Waals surface area contributed by atoms with Crippen molar-refractivity contribution in [3.8, 4) is 5.75 Å². The van der Waals surface area contributed by atoms with Gasteiger partial charge in [-0.1, -0.05) is 11.6 Å². The molecule has 2 fully saturated rings. The van der Waals surface area contributed by atoms with Gasteiger partial charge < -0.3 is 14.5 Å². The molecule has 2 aromatic rings. The Hall–Kier alpha value is -2.54. The largest absolute Gasteiger partial charge is 0.489 e. The van der Waals surface area contributed by atoms with Gasteiger partial charge in [0.25, 0.3) is 0 Å². The van der Waals surface area contributed by atoms with E-state index < -0.39 is 0 Å². The van der Waals surface area contributed by atoms with Gasteiger partial charge in [0, 0.05) is 48.9 Å². The average Bonchev–Trinajstić information content (AvgIpc) is 2.59. The third kappa shape index (κ3) is 2.76. The Morgan fingerprint density at radius 1 is 1.25 bits per heavy atom. The second-order valence-corrected chi connectivity index (χ2v) is 8.54. The number of carbonyl (C=O) groups is 1. The van der Waals surface area contributed by atoms with Crippen LogP contribution < -0.4 is 14.5 Å². The van der Waals surface area contributed by atoms with Crippen LogP contribution in [0.4, 0.5) is 16.3 Å². The van der Waals surface area contributed by atoms with E-state index in [2.05, 4.69) is 14.9 Å². The minimum atomic E-state index is -0.0143. The molecule has 4 heterocycles. The summed E-state index contributed by atoms with van der Waals surface area (Å²) in [5.41, 5.74) is 0.980. The van der Waals surface area contributed by atoms with E-state index >= 15 is 0 Å². The summed E-state index contributed by atoms with van der Waals surface area (Å²) < 4.78 is 5.76. The molecule has 1 unspecified atom stereocenters. The van der Waals surface area contributed by atoms with Crippen LogP contribution in [-0.2, 0) is 0 Å². The minimum Gasteiger partial charge on any atom is -0.489 e. The zero-order chi connectivity index (χ0) is 19.5. The first-order chi connectivity index (χ1) is 13.4. The van der Waals surface area contributed by atoms with E-state index in [1.54, 1.807) is 18.3 Å². The second-order valence-electron chi connectivity index (χ2n) is 8.10. The monoisotopic (exact) mass is 399 g/mol. The Balaban J connectivity index is 1.26. The van der Waals surface area contributed by atoms with Crippen LogP contribution in [0.1, 0.15) is 12.7 Å². The summed E-state index contributed by atoms with van der Waals surface area (Å²) in [7, 11) is 0. The molecule has 1 aromatic carbocycles. The first-order valence-electron chi connectivity index (χ1n) is 9.49. The van der Waals surface area contributed by atoms with Crippen molar-refractivity contribution in [2.45, 2.75) is 19.9 Å². The number of rotatable bonds is 1. The molecule has 1 spiro atoms. The summed E-state index contributed by atoms with van der Waals surface area (Å²) in [5, 5.41) is 0.609. The van der Waals surface area contributed by atoms with Gasteiger partial charge in [0.1, 0.15) is 24.0 Å². The van der Waals surface area contributed by atoms with Gasteiger partial charge in [0.05, 0.1) is 11.7 Å². The molecule has 2 amide bonds. The molecule has 1 atom stereocenters. The number of fused-ring (bicyclic) bond motifs is 1. The van der Waals surface area contributed by atoms with Crippen LogP contribution in [0.2, 0.25) is 5.02 Å². The number of hydrogen-bond acceptors (Lipinski definition) is 5. The maximum Gasteiger partial charge on any atom is 0.325 e. The molecule has 5 rings (SSSR count). The molecule has 8 heteroatoms. The molecule has 1 aromatic heterocycles. The molecule has 2 saturated heterocycles. The molecule has 0 saturated carbocycles. The van der Waals surface area contributed by atoms with Gasteiger partial charge >= 0.3 is 6.03 Å². The average molecular weight is 400 g/mol. The van der Waals surface area contributed by atoms with E-state index in [1.807, 2.05) is 35.8 Å². The molecule has 3 aliphatic heterocycles. The van der Waals surface area contributed by atoms with Crippen molar-refractivity contribution < 1.29 is 9.53 Å². The lowest BCUT2D eigenvalue weighted by molar-refractivity contribution is 0.00855. The zero-order valence-corrected chi connectivity index (χ0v) is 16.7. The minimum absolute atomic E-state index is 0.0143. The first kappa shape index (κ1) is 17.6. The molecule has 0 radical (unpaired) electrons. The summed E-state index contributed by atoms with van der Waals surface area (Å²) in [4.78, 5) is 27.9. The molecule has 7 nitrogen and oxygen atoms in total. The highest BCUT2D eigenvalue weighted by molar-refractivity contribution is 6.30. The molecular weight excluding hydrogens is 378 g/mol. The number of nitrogens with zero attached hydrogens (tertiary/aromatic N) is 5. The molecular formula is C20H22ClN5O2.